The van der Waals surface area contributed by atoms with E-state index in [-0.39, 0.29) is 36.0 Å². The lowest BCUT2D eigenvalue weighted by Crippen LogP contribution is -2.41. The van der Waals surface area contributed by atoms with Crippen molar-refractivity contribution in [2.75, 3.05) is 11.9 Å². The highest BCUT2D eigenvalue weighted by Gasteiger charge is 2.16. The minimum atomic E-state index is -0.356. The topological polar surface area (TPSA) is 97.4 Å². The quantitative estimate of drug-likeness (QED) is 0.687. The Labute approximate surface area is 159 Å². The molecule has 7 heteroatoms. The van der Waals surface area contributed by atoms with Gasteiger partial charge in [0, 0.05) is 23.8 Å². The van der Waals surface area contributed by atoms with Crippen LogP contribution in [0.15, 0.2) is 41.0 Å². The molecule has 1 aromatic heterocycles. The van der Waals surface area contributed by atoms with Crippen molar-refractivity contribution in [2.45, 2.75) is 33.2 Å². The van der Waals surface area contributed by atoms with E-state index in [1.807, 2.05) is 6.92 Å². The third-order valence-corrected chi connectivity index (χ3v) is 3.87. The van der Waals surface area contributed by atoms with Gasteiger partial charge in [0.25, 0.3) is 11.8 Å². The summed E-state index contributed by atoms with van der Waals surface area (Å²) in [7, 11) is 0. The van der Waals surface area contributed by atoms with Gasteiger partial charge in [-0.1, -0.05) is 19.9 Å². The lowest BCUT2D eigenvalue weighted by molar-refractivity contribution is 0.0932. The van der Waals surface area contributed by atoms with Crippen LogP contribution in [0.4, 0.5) is 5.69 Å². The molecule has 0 fully saturated rings. The van der Waals surface area contributed by atoms with Crippen molar-refractivity contribution in [3.63, 3.8) is 0 Å². The second-order valence-electron chi connectivity index (χ2n) is 6.50. The van der Waals surface area contributed by atoms with E-state index in [1.54, 1.807) is 30.3 Å². The molecule has 142 valence electrons. The van der Waals surface area contributed by atoms with Crippen LogP contribution in [0, 0.1) is 12.8 Å². The largest absolute Gasteiger partial charge is 0.459 e. The SMILES string of the molecule is Cc1ccc(C(=O)NC(CN)CC(C)C)cc1NC(=O)c1ccco1.Cl. The van der Waals surface area contributed by atoms with Gasteiger partial charge in [-0.15, -0.1) is 12.4 Å². The second-order valence-corrected chi connectivity index (χ2v) is 6.50. The van der Waals surface area contributed by atoms with Gasteiger partial charge in [0.15, 0.2) is 5.76 Å². The number of rotatable bonds is 7. The molecule has 0 saturated heterocycles. The first kappa shape index (κ1) is 21.7. The molecule has 1 heterocycles. The molecule has 0 aliphatic heterocycles. The zero-order valence-electron chi connectivity index (χ0n) is 15.2. The van der Waals surface area contributed by atoms with Crippen molar-refractivity contribution in [3.8, 4) is 0 Å². The van der Waals surface area contributed by atoms with Crippen molar-refractivity contribution >= 4 is 29.9 Å². The van der Waals surface area contributed by atoms with Crippen LogP contribution in [0.3, 0.4) is 0 Å². The number of carbonyl (C=O) groups excluding carboxylic acids is 2. The Morgan fingerprint density at radius 1 is 1.19 bits per heavy atom. The summed E-state index contributed by atoms with van der Waals surface area (Å²) in [4.78, 5) is 24.6. The fourth-order valence-electron chi connectivity index (χ4n) is 2.54. The molecular formula is C19H26ClN3O3. The number of aryl methyl sites for hydroxylation is 1. The molecule has 0 spiro atoms. The van der Waals surface area contributed by atoms with Gasteiger partial charge in [0.1, 0.15) is 0 Å². The highest BCUT2D eigenvalue weighted by Crippen LogP contribution is 2.18. The van der Waals surface area contributed by atoms with E-state index in [1.165, 1.54) is 6.26 Å². The molecule has 4 N–H and O–H groups in total. The summed E-state index contributed by atoms with van der Waals surface area (Å²) < 4.78 is 5.08. The molecule has 1 atom stereocenters. The van der Waals surface area contributed by atoms with Crippen LogP contribution < -0.4 is 16.4 Å². The van der Waals surface area contributed by atoms with Crippen LogP contribution in [-0.2, 0) is 0 Å². The van der Waals surface area contributed by atoms with E-state index in [0.29, 0.717) is 23.7 Å². The fourth-order valence-corrected chi connectivity index (χ4v) is 2.54. The van der Waals surface area contributed by atoms with Gasteiger partial charge < -0.3 is 20.8 Å². The number of nitrogens with one attached hydrogen (secondary N) is 2. The summed E-state index contributed by atoms with van der Waals surface area (Å²) in [5.41, 5.74) is 7.64. The third kappa shape index (κ3) is 5.89. The molecule has 1 aromatic carbocycles. The Bertz CT molecular complexity index is 730. The van der Waals surface area contributed by atoms with Gasteiger partial charge >= 0.3 is 0 Å². The molecule has 0 aliphatic rings. The van der Waals surface area contributed by atoms with Crippen molar-refractivity contribution in [3.05, 3.63) is 53.5 Å². The van der Waals surface area contributed by atoms with Crippen LogP contribution in [-0.4, -0.2) is 24.4 Å². The van der Waals surface area contributed by atoms with Gasteiger partial charge in [-0.05, 0) is 49.1 Å². The summed E-state index contributed by atoms with van der Waals surface area (Å²) in [5, 5.41) is 5.72. The molecule has 1 unspecified atom stereocenters. The highest BCUT2D eigenvalue weighted by molar-refractivity contribution is 6.04. The van der Waals surface area contributed by atoms with E-state index in [2.05, 4.69) is 24.5 Å². The molecule has 0 saturated carbocycles. The highest BCUT2D eigenvalue weighted by atomic mass is 35.5. The average Bonchev–Trinajstić information content (AvgIpc) is 3.10. The minimum absolute atomic E-state index is 0. The Morgan fingerprint density at radius 3 is 2.50 bits per heavy atom. The Hall–Kier alpha value is -2.31. The van der Waals surface area contributed by atoms with Crippen LogP contribution in [0.2, 0.25) is 0 Å². The summed E-state index contributed by atoms with van der Waals surface area (Å²) in [5.74, 6) is 0.0966. The number of amides is 2. The lowest BCUT2D eigenvalue weighted by Gasteiger charge is -2.19. The van der Waals surface area contributed by atoms with Crippen molar-refractivity contribution in [1.29, 1.82) is 0 Å². The molecule has 0 radical (unpaired) electrons. The number of carbonyl (C=O) groups is 2. The number of halogens is 1. The van der Waals surface area contributed by atoms with Crippen molar-refractivity contribution in [1.82, 2.24) is 5.32 Å². The van der Waals surface area contributed by atoms with Crippen LogP contribution in [0.5, 0.6) is 0 Å². The Morgan fingerprint density at radius 2 is 1.92 bits per heavy atom. The molecule has 6 nitrogen and oxygen atoms in total. The van der Waals surface area contributed by atoms with Crippen molar-refractivity contribution < 1.29 is 14.0 Å². The average molecular weight is 380 g/mol. The van der Waals surface area contributed by atoms with Crippen LogP contribution in [0.25, 0.3) is 0 Å². The first-order valence-corrected chi connectivity index (χ1v) is 8.37. The normalized spacial score (nSPS) is 11.6. The molecule has 2 aromatic rings. The van der Waals surface area contributed by atoms with Gasteiger partial charge in [-0.2, -0.15) is 0 Å². The predicted octanol–water partition coefficient (Wildman–Crippen LogP) is 3.37. The Balaban J connectivity index is 0.00000338. The van der Waals surface area contributed by atoms with E-state index >= 15 is 0 Å². The number of benzene rings is 1. The van der Waals surface area contributed by atoms with Crippen LogP contribution in [0.1, 0.15) is 46.7 Å². The third-order valence-electron chi connectivity index (χ3n) is 3.87. The first-order chi connectivity index (χ1) is 11.9. The maximum atomic E-state index is 12.5. The van der Waals surface area contributed by atoms with Gasteiger partial charge in [0.2, 0.25) is 0 Å². The molecular weight excluding hydrogens is 354 g/mol. The standard InChI is InChI=1S/C19H25N3O3.ClH/c1-12(2)9-15(11-20)21-18(23)14-7-6-13(3)16(10-14)22-19(24)17-5-4-8-25-17;/h4-8,10,12,15H,9,11,20H2,1-3H3,(H,21,23)(H,22,24);1H. The fraction of sp³-hybridized carbons (Fsp3) is 0.368. The number of hydrogen-bond acceptors (Lipinski definition) is 4. The van der Waals surface area contributed by atoms with Crippen molar-refractivity contribution in [2.24, 2.45) is 11.7 Å². The lowest BCUT2D eigenvalue weighted by atomic mass is 10.0. The van der Waals surface area contributed by atoms with Gasteiger partial charge in [-0.3, -0.25) is 9.59 Å². The number of hydrogen-bond donors (Lipinski definition) is 3. The van der Waals surface area contributed by atoms with E-state index in [9.17, 15) is 9.59 Å². The molecule has 26 heavy (non-hydrogen) atoms. The number of anilines is 1. The van der Waals surface area contributed by atoms with E-state index in [4.69, 9.17) is 10.2 Å². The molecule has 2 amide bonds. The van der Waals surface area contributed by atoms with Gasteiger partial charge in [-0.25, -0.2) is 0 Å². The number of furan rings is 1. The van der Waals surface area contributed by atoms with E-state index in [0.717, 1.165) is 12.0 Å². The smallest absolute Gasteiger partial charge is 0.291 e. The monoisotopic (exact) mass is 379 g/mol. The molecule has 2 rings (SSSR count). The summed E-state index contributed by atoms with van der Waals surface area (Å²) >= 11 is 0. The summed E-state index contributed by atoms with van der Waals surface area (Å²) in [6, 6.07) is 8.35. The predicted molar refractivity (Wildman–Crippen MR) is 105 cm³/mol. The van der Waals surface area contributed by atoms with Crippen LogP contribution >= 0.6 is 12.4 Å². The maximum Gasteiger partial charge on any atom is 0.291 e. The summed E-state index contributed by atoms with van der Waals surface area (Å²) in [6.45, 7) is 6.42. The molecule has 0 bridgehead atoms. The van der Waals surface area contributed by atoms with E-state index < -0.39 is 0 Å². The van der Waals surface area contributed by atoms with Gasteiger partial charge in [0.05, 0.1) is 6.26 Å². The zero-order chi connectivity index (χ0) is 18.4. The Kier molecular flexibility index (Phi) is 8.35. The number of nitrogens with two attached hydrogens (primary N) is 1. The molecule has 0 aliphatic carbocycles. The second kappa shape index (κ2) is 9.99. The minimum Gasteiger partial charge on any atom is -0.459 e. The zero-order valence-corrected chi connectivity index (χ0v) is 16.1. The maximum absolute atomic E-state index is 12.5. The summed E-state index contributed by atoms with van der Waals surface area (Å²) in [6.07, 6.45) is 2.25. The first-order valence-electron chi connectivity index (χ1n) is 8.37.